The summed E-state index contributed by atoms with van der Waals surface area (Å²) in [5.74, 6) is 1.01. The van der Waals surface area contributed by atoms with Crippen molar-refractivity contribution in [3.63, 3.8) is 0 Å². The lowest BCUT2D eigenvalue weighted by atomic mass is 9.98. The van der Waals surface area contributed by atoms with Crippen molar-refractivity contribution >= 4 is 45.2 Å². The molecule has 0 aliphatic carbocycles. The van der Waals surface area contributed by atoms with E-state index in [0.29, 0.717) is 50.6 Å². The molecule has 2 atom stereocenters. The molecule has 11 heteroatoms. The van der Waals surface area contributed by atoms with Crippen molar-refractivity contribution in [3.8, 4) is 22.8 Å². The summed E-state index contributed by atoms with van der Waals surface area (Å²) in [5, 5.41) is 3.84. The van der Waals surface area contributed by atoms with E-state index in [-0.39, 0.29) is 23.1 Å². The number of benzene rings is 2. The largest absolute Gasteiger partial charge is 0.455 e. The van der Waals surface area contributed by atoms with Gasteiger partial charge in [-0.2, -0.15) is 0 Å². The van der Waals surface area contributed by atoms with Crippen molar-refractivity contribution in [3.05, 3.63) is 80.2 Å². The van der Waals surface area contributed by atoms with E-state index < -0.39 is 22.9 Å². The second-order valence-corrected chi connectivity index (χ2v) is 10.5. The normalized spacial score (nSPS) is 13.8. The van der Waals surface area contributed by atoms with Gasteiger partial charge in [0.15, 0.2) is 22.6 Å². The maximum atomic E-state index is 13.5. The summed E-state index contributed by atoms with van der Waals surface area (Å²) >= 11 is 6.03. The first-order valence-corrected chi connectivity index (χ1v) is 13.6. The number of aromatic nitrogens is 1. The van der Waals surface area contributed by atoms with Gasteiger partial charge in [0.25, 0.3) is 5.91 Å². The van der Waals surface area contributed by atoms with Crippen LogP contribution in [-0.2, 0) is 11.0 Å². The fourth-order valence-corrected chi connectivity index (χ4v) is 4.92. The third-order valence-corrected chi connectivity index (χ3v) is 6.86. The molecule has 1 amide bonds. The number of halogens is 1. The fraction of sp³-hybridized carbons (Fsp3) is 0.222. The van der Waals surface area contributed by atoms with E-state index in [1.54, 1.807) is 37.3 Å². The third kappa shape index (κ3) is 4.84. The van der Waals surface area contributed by atoms with Crippen LogP contribution in [0.5, 0.6) is 11.5 Å². The van der Waals surface area contributed by atoms with Gasteiger partial charge >= 0.3 is 0 Å². The Balaban J connectivity index is 1.61. The number of nitrogens with one attached hydrogen (secondary N) is 2. The van der Waals surface area contributed by atoms with Crippen molar-refractivity contribution in [1.29, 1.82) is 0 Å². The molecule has 2 N–H and O–H groups in total. The molecule has 0 saturated heterocycles. The number of hydrogen-bond donors (Lipinski definition) is 2. The lowest BCUT2D eigenvalue weighted by Crippen LogP contribution is -2.27. The van der Waals surface area contributed by atoms with Crippen molar-refractivity contribution in [2.45, 2.75) is 26.8 Å². The molecule has 0 radical (unpaired) electrons. The number of hydrogen-bond acceptors (Lipinski definition) is 8. The number of ether oxygens (including phenoxy) is 2. The van der Waals surface area contributed by atoms with E-state index in [2.05, 4.69) is 15.0 Å². The Hall–Kier alpha value is -3.89. The van der Waals surface area contributed by atoms with E-state index in [4.69, 9.17) is 25.5 Å². The van der Waals surface area contributed by atoms with Crippen molar-refractivity contribution < 1.29 is 22.9 Å². The Bertz CT molecular complexity index is 1690. The van der Waals surface area contributed by atoms with Crippen LogP contribution in [0.25, 0.3) is 22.3 Å². The molecule has 0 spiro atoms. The van der Waals surface area contributed by atoms with Crippen LogP contribution in [0.4, 0.5) is 5.69 Å². The summed E-state index contributed by atoms with van der Waals surface area (Å²) in [4.78, 5) is 30.2. The zero-order valence-electron chi connectivity index (χ0n) is 21.0. The van der Waals surface area contributed by atoms with Crippen LogP contribution < -0.4 is 24.9 Å². The van der Waals surface area contributed by atoms with Gasteiger partial charge in [0, 0.05) is 22.9 Å². The Morgan fingerprint density at radius 2 is 1.87 bits per heavy atom. The average molecular weight is 554 g/mol. The Morgan fingerprint density at radius 1 is 1.11 bits per heavy atom. The van der Waals surface area contributed by atoms with Crippen LogP contribution in [0.2, 0.25) is 5.15 Å². The molecule has 0 saturated carbocycles. The molecule has 9 nitrogen and oxygen atoms in total. The van der Waals surface area contributed by atoms with E-state index in [9.17, 15) is 13.8 Å². The predicted molar refractivity (Wildman–Crippen MR) is 146 cm³/mol. The third-order valence-electron chi connectivity index (χ3n) is 6.18. The minimum Gasteiger partial charge on any atom is -0.455 e. The molecule has 3 heterocycles. The highest BCUT2D eigenvalue weighted by molar-refractivity contribution is 7.82. The number of carbonyl (C=O) groups is 1. The highest BCUT2D eigenvalue weighted by Gasteiger charge is 2.23. The van der Waals surface area contributed by atoms with Gasteiger partial charge in [-0.05, 0) is 62.7 Å². The number of aryl methyl sites for hydroxylation is 1. The van der Waals surface area contributed by atoms with E-state index >= 15 is 0 Å². The Labute approximate surface area is 225 Å². The van der Waals surface area contributed by atoms with Crippen LogP contribution in [0, 0.1) is 13.8 Å². The molecule has 0 bridgehead atoms. The number of anilines is 1. The van der Waals surface area contributed by atoms with Gasteiger partial charge in [-0.3, -0.25) is 14.3 Å². The van der Waals surface area contributed by atoms with Crippen LogP contribution in [0.15, 0.2) is 51.7 Å². The van der Waals surface area contributed by atoms with E-state index in [0.717, 1.165) is 5.56 Å². The van der Waals surface area contributed by atoms with Crippen molar-refractivity contribution in [2.75, 3.05) is 18.4 Å². The monoisotopic (exact) mass is 553 g/mol. The molecule has 2 aromatic carbocycles. The Kier molecular flexibility index (Phi) is 6.85. The topological polar surface area (TPSA) is 120 Å². The van der Waals surface area contributed by atoms with Crippen LogP contribution in [-0.4, -0.2) is 28.1 Å². The summed E-state index contributed by atoms with van der Waals surface area (Å²) in [5.41, 5.74) is 3.39. The highest BCUT2D eigenvalue weighted by atomic mass is 35.5. The second kappa shape index (κ2) is 10.1. The summed E-state index contributed by atoms with van der Waals surface area (Å²) in [6, 6.07) is 11.9. The van der Waals surface area contributed by atoms with Gasteiger partial charge in [-0.15, -0.1) is 0 Å². The number of amides is 1. The SMILES string of the molecule is Cc1cc(C(C)Nc2ccc(Cl)nc2C(=O)NS(C)=O)c2oc(-c3ccc4c(c3)OCO4)c(C)c(=O)c2c1. The van der Waals surface area contributed by atoms with Crippen molar-refractivity contribution in [2.24, 2.45) is 0 Å². The average Bonchev–Trinajstić information content (AvgIpc) is 3.34. The van der Waals surface area contributed by atoms with Crippen molar-refractivity contribution in [1.82, 2.24) is 9.71 Å². The molecule has 2 aromatic heterocycles. The maximum Gasteiger partial charge on any atom is 0.283 e. The molecule has 5 rings (SSSR count). The quantitative estimate of drug-likeness (QED) is 0.318. The summed E-state index contributed by atoms with van der Waals surface area (Å²) in [7, 11) is -1.58. The Morgan fingerprint density at radius 3 is 2.63 bits per heavy atom. The number of fused-ring (bicyclic) bond motifs is 2. The summed E-state index contributed by atoms with van der Waals surface area (Å²) < 4.78 is 31.2. The lowest BCUT2D eigenvalue weighted by Gasteiger charge is -2.20. The van der Waals surface area contributed by atoms with Crippen LogP contribution in [0.3, 0.4) is 0 Å². The minimum atomic E-state index is -1.58. The predicted octanol–water partition coefficient (Wildman–Crippen LogP) is 5.05. The maximum absolute atomic E-state index is 13.5. The molecule has 1 aliphatic heterocycles. The molecule has 196 valence electrons. The first kappa shape index (κ1) is 25.7. The van der Waals surface area contributed by atoms with Gasteiger partial charge in [0.1, 0.15) is 27.5 Å². The summed E-state index contributed by atoms with van der Waals surface area (Å²) in [6.45, 7) is 5.65. The smallest absolute Gasteiger partial charge is 0.283 e. The van der Waals surface area contributed by atoms with Crippen LogP contribution >= 0.6 is 11.6 Å². The number of carbonyl (C=O) groups excluding carboxylic acids is 1. The van der Waals surface area contributed by atoms with Gasteiger partial charge in [0.05, 0.1) is 17.1 Å². The summed E-state index contributed by atoms with van der Waals surface area (Å²) in [6.07, 6.45) is 1.35. The first-order chi connectivity index (χ1) is 18.1. The molecule has 38 heavy (non-hydrogen) atoms. The lowest BCUT2D eigenvalue weighted by molar-refractivity contribution is 0.0979. The number of rotatable bonds is 6. The first-order valence-electron chi connectivity index (χ1n) is 11.7. The number of pyridine rings is 1. The fourth-order valence-electron chi connectivity index (χ4n) is 4.42. The van der Waals surface area contributed by atoms with E-state index in [1.807, 2.05) is 26.0 Å². The van der Waals surface area contributed by atoms with Crippen LogP contribution in [0.1, 0.15) is 40.1 Å². The zero-order valence-corrected chi connectivity index (χ0v) is 22.6. The van der Waals surface area contributed by atoms with Gasteiger partial charge in [0.2, 0.25) is 6.79 Å². The van der Waals surface area contributed by atoms with Gasteiger partial charge < -0.3 is 19.2 Å². The molecule has 1 aliphatic rings. The second-order valence-electron chi connectivity index (χ2n) is 8.97. The highest BCUT2D eigenvalue weighted by Crippen LogP contribution is 2.38. The van der Waals surface area contributed by atoms with Gasteiger partial charge in [-0.1, -0.05) is 17.7 Å². The number of nitrogens with zero attached hydrogens (tertiary/aromatic N) is 1. The van der Waals surface area contributed by atoms with Gasteiger partial charge in [-0.25, -0.2) is 9.19 Å². The molecule has 4 aromatic rings. The minimum absolute atomic E-state index is 0.00476. The molecule has 2 unspecified atom stereocenters. The zero-order chi connectivity index (χ0) is 27.1. The molecular weight excluding hydrogens is 530 g/mol. The molecule has 0 fully saturated rings. The standard InChI is InChI=1S/C27H24ClN3O6S/c1-13-9-17(15(3)29-19-6-8-22(28)30-23(19)27(33)31-38(4)34)26-18(10-13)24(32)14(2)25(37-26)16-5-7-20-21(11-16)36-12-35-20/h5-11,15,29H,12H2,1-4H3,(H,31,33). The molecular formula is C27H24ClN3O6S. The van der Waals surface area contributed by atoms with E-state index in [1.165, 1.54) is 6.26 Å².